The summed E-state index contributed by atoms with van der Waals surface area (Å²) in [5, 5.41) is 3.27. The van der Waals surface area contributed by atoms with Crippen molar-refractivity contribution in [2.45, 2.75) is 13.0 Å². The number of benzene rings is 2. The fourth-order valence-corrected chi connectivity index (χ4v) is 2.79. The third-order valence-electron chi connectivity index (χ3n) is 3.41. The van der Waals surface area contributed by atoms with Gasteiger partial charge < -0.3 is 19.5 Å². The number of ether oxygens (including phenoxy) is 3. The Labute approximate surface area is 159 Å². The largest absolute Gasteiger partial charge is 0.496 e. The van der Waals surface area contributed by atoms with Crippen LogP contribution < -0.4 is 19.5 Å². The van der Waals surface area contributed by atoms with Crippen LogP contribution in [0.2, 0.25) is 0 Å². The molecule has 4 nitrogen and oxygen atoms in total. The summed E-state index contributed by atoms with van der Waals surface area (Å²) in [5.41, 5.74) is 1.52. The summed E-state index contributed by atoms with van der Waals surface area (Å²) in [4.78, 5) is 0. The van der Waals surface area contributed by atoms with Gasteiger partial charge in [-0.25, -0.2) is 0 Å². The highest BCUT2D eigenvalue weighted by atomic mass is 127. The first-order chi connectivity index (χ1) is 13.5. The summed E-state index contributed by atoms with van der Waals surface area (Å²) in [5.74, 6) is 1.10. The van der Waals surface area contributed by atoms with Gasteiger partial charge in [-0.3, -0.25) is 0 Å². The van der Waals surface area contributed by atoms with Crippen molar-refractivity contribution >= 4 is 22.6 Å². The molecule has 23 heavy (non-hydrogen) atoms. The second-order valence-corrected chi connectivity index (χ2v) is 6.00. The molecule has 0 aromatic heterocycles. The molecule has 2 rings (SSSR count). The molecule has 0 aliphatic rings. The third kappa shape index (κ3) is 4.75. The topological polar surface area (TPSA) is 39.7 Å². The van der Waals surface area contributed by atoms with E-state index < -0.39 is 14.1 Å². The molecule has 0 spiro atoms. The van der Waals surface area contributed by atoms with Gasteiger partial charge in [-0.1, -0.05) is 18.2 Å². The second kappa shape index (κ2) is 8.98. The fraction of sp³-hybridized carbons (Fsp3) is 0.333. The molecule has 1 N–H and O–H groups in total. The van der Waals surface area contributed by atoms with Crippen molar-refractivity contribution in [1.82, 2.24) is 5.32 Å². The van der Waals surface area contributed by atoms with Crippen molar-refractivity contribution in [3.05, 3.63) is 51.1 Å². The third-order valence-corrected chi connectivity index (χ3v) is 4.26. The molecule has 0 saturated heterocycles. The molecular formula is C18H22INO3. The summed E-state index contributed by atoms with van der Waals surface area (Å²) in [7, 11) is -3.61. The summed E-state index contributed by atoms with van der Waals surface area (Å²) >= 11 is 1.89. The van der Waals surface area contributed by atoms with Gasteiger partial charge in [-0.2, -0.15) is 0 Å². The Bertz CT molecular complexity index is 826. The Morgan fingerprint density at radius 3 is 2.57 bits per heavy atom. The predicted octanol–water partition coefficient (Wildman–Crippen LogP) is 3.65. The number of para-hydroxylation sites is 1. The smallest absolute Gasteiger partial charge is 0.132 e. The average molecular weight is 433 g/mol. The molecular weight excluding hydrogens is 405 g/mol. The molecule has 0 saturated carbocycles. The molecule has 0 atom stereocenters. The zero-order valence-electron chi connectivity index (χ0n) is 18.7. The van der Waals surface area contributed by atoms with Crippen LogP contribution in [0.1, 0.15) is 19.4 Å². The molecule has 0 aliphatic heterocycles. The van der Waals surface area contributed by atoms with Gasteiger partial charge in [0.2, 0.25) is 0 Å². The molecule has 2 aromatic carbocycles. The Morgan fingerprint density at radius 1 is 1.00 bits per heavy atom. The van der Waals surface area contributed by atoms with E-state index >= 15 is 0 Å². The molecule has 0 radical (unpaired) electrons. The molecule has 0 heterocycles. The summed E-state index contributed by atoms with van der Waals surface area (Å²) in [6.45, 7) is 1.06. The lowest BCUT2D eigenvalue weighted by atomic mass is 10.1. The van der Waals surface area contributed by atoms with E-state index in [4.69, 9.17) is 22.4 Å². The SMILES string of the molecule is [2H]C([2H])([2H])Oc1cc(CCNCc2ccccc2OC)c(OC([2H])([2H])[2H])cc1I. The van der Waals surface area contributed by atoms with Gasteiger partial charge in [0.05, 0.1) is 33.0 Å². The number of rotatable bonds is 8. The van der Waals surface area contributed by atoms with Crippen LogP contribution in [-0.2, 0) is 13.0 Å². The highest BCUT2D eigenvalue weighted by Gasteiger charge is 2.09. The lowest BCUT2D eigenvalue weighted by Gasteiger charge is -2.13. The standard InChI is InChI=1S/C18H22INO3/c1-21-16-7-5-4-6-14(16)12-20-9-8-13-10-18(23-3)15(19)11-17(13)22-2/h4-7,10-11,20H,8-9,12H2,1-3H3/i2D3,3D3. The van der Waals surface area contributed by atoms with Gasteiger partial charge in [-0.05, 0) is 59.3 Å². The van der Waals surface area contributed by atoms with Crippen molar-refractivity contribution in [2.24, 2.45) is 0 Å². The van der Waals surface area contributed by atoms with Gasteiger partial charge in [0, 0.05) is 12.1 Å². The van der Waals surface area contributed by atoms with Crippen LogP contribution >= 0.6 is 22.6 Å². The van der Waals surface area contributed by atoms with E-state index in [-0.39, 0.29) is 11.5 Å². The lowest BCUT2D eigenvalue weighted by molar-refractivity contribution is 0.395. The van der Waals surface area contributed by atoms with Crippen LogP contribution in [0.4, 0.5) is 0 Å². The number of nitrogens with one attached hydrogen (secondary N) is 1. The number of methoxy groups -OCH3 is 3. The van der Waals surface area contributed by atoms with Gasteiger partial charge in [0.1, 0.15) is 17.2 Å². The maximum atomic E-state index is 7.36. The van der Waals surface area contributed by atoms with Crippen LogP contribution in [0.15, 0.2) is 36.4 Å². The van der Waals surface area contributed by atoms with Crippen LogP contribution in [-0.4, -0.2) is 27.7 Å². The van der Waals surface area contributed by atoms with E-state index in [1.165, 1.54) is 12.1 Å². The first-order valence-corrected chi connectivity index (χ1v) is 8.09. The maximum absolute atomic E-state index is 7.36. The lowest BCUT2D eigenvalue weighted by Crippen LogP contribution is -2.17. The number of hydrogen-bond acceptors (Lipinski definition) is 4. The van der Waals surface area contributed by atoms with E-state index in [1.54, 1.807) is 7.11 Å². The minimum Gasteiger partial charge on any atom is -0.496 e. The molecule has 5 heteroatoms. The summed E-state index contributed by atoms with van der Waals surface area (Å²) < 4.78 is 59.9. The predicted molar refractivity (Wildman–Crippen MR) is 101 cm³/mol. The molecule has 2 aromatic rings. The van der Waals surface area contributed by atoms with E-state index in [2.05, 4.69) is 5.32 Å². The van der Waals surface area contributed by atoms with Crippen molar-refractivity contribution in [2.75, 3.05) is 27.7 Å². The normalized spacial score (nSPS) is 15.4. The van der Waals surface area contributed by atoms with Gasteiger partial charge >= 0.3 is 0 Å². The molecule has 0 aliphatic carbocycles. The van der Waals surface area contributed by atoms with E-state index in [9.17, 15) is 0 Å². The number of halogens is 1. The molecule has 0 unspecified atom stereocenters. The second-order valence-electron chi connectivity index (χ2n) is 4.83. The highest BCUT2D eigenvalue weighted by Crippen LogP contribution is 2.30. The molecule has 0 bridgehead atoms. The van der Waals surface area contributed by atoms with E-state index in [0.29, 0.717) is 28.6 Å². The monoisotopic (exact) mass is 433 g/mol. The Kier molecular flexibility index (Phi) is 4.35. The van der Waals surface area contributed by atoms with Gasteiger partial charge in [-0.15, -0.1) is 0 Å². The van der Waals surface area contributed by atoms with Gasteiger partial charge in [0.25, 0.3) is 0 Å². The summed E-state index contributed by atoms with van der Waals surface area (Å²) in [6.07, 6.45) is 0.412. The first-order valence-electron chi connectivity index (χ1n) is 10.0. The minimum absolute atomic E-state index is 0.156. The van der Waals surface area contributed by atoms with Crippen LogP contribution in [0.3, 0.4) is 0 Å². The van der Waals surface area contributed by atoms with E-state index in [1.807, 2.05) is 46.9 Å². The Morgan fingerprint density at radius 2 is 1.78 bits per heavy atom. The average Bonchev–Trinajstić information content (AvgIpc) is 2.60. The maximum Gasteiger partial charge on any atom is 0.132 e. The van der Waals surface area contributed by atoms with Crippen molar-refractivity contribution in [3.8, 4) is 17.2 Å². The quantitative estimate of drug-likeness (QED) is 0.510. The highest BCUT2D eigenvalue weighted by molar-refractivity contribution is 14.1. The summed E-state index contributed by atoms with van der Waals surface area (Å²) in [6, 6.07) is 10.6. The molecule has 124 valence electrons. The van der Waals surface area contributed by atoms with Crippen LogP contribution in [0, 0.1) is 3.57 Å². The van der Waals surface area contributed by atoms with Crippen molar-refractivity contribution < 1.29 is 22.4 Å². The Balaban J connectivity index is 2.14. The molecule has 0 fully saturated rings. The first kappa shape index (κ1) is 11.1. The van der Waals surface area contributed by atoms with E-state index in [0.717, 1.165) is 11.3 Å². The zero-order chi connectivity index (χ0) is 21.7. The molecule has 0 amide bonds. The van der Waals surface area contributed by atoms with Crippen molar-refractivity contribution in [3.63, 3.8) is 0 Å². The minimum atomic E-state index is -2.62. The number of hydrogen-bond donors (Lipinski definition) is 1. The van der Waals surface area contributed by atoms with Crippen molar-refractivity contribution in [1.29, 1.82) is 0 Å². The van der Waals surface area contributed by atoms with Gasteiger partial charge in [0.15, 0.2) is 0 Å². The Hall–Kier alpha value is -1.47. The fourth-order valence-electron chi connectivity index (χ4n) is 2.24. The van der Waals surface area contributed by atoms with Crippen LogP contribution in [0.25, 0.3) is 0 Å². The zero-order valence-corrected chi connectivity index (χ0v) is 14.8. The van der Waals surface area contributed by atoms with Crippen LogP contribution in [0.5, 0.6) is 17.2 Å².